The number of aromatic nitrogens is 1. The van der Waals surface area contributed by atoms with E-state index in [9.17, 15) is 9.90 Å². The van der Waals surface area contributed by atoms with Crippen LogP contribution in [0.4, 0.5) is 0 Å². The smallest absolute Gasteiger partial charge is 0.227 e. The molecule has 1 N–H and O–H groups in total. The van der Waals surface area contributed by atoms with E-state index in [4.69, 9.17) is 0 Å². The molecule has 1 saturated carbocycles. The lowest BCUT2D eigenvalue weighted by molar-refractivity contribution is -0.131. The molecule has 3 rings (SSSR count). The molecule has 0 radical (unpaired) electrons. The van der Waals surface area contributed by atoms with Crippen molar-refractivity contribution in [3.05, 3.63) is 59.9 Å². The lowest BCUT2D eigenvalue weighted by Crippen LogP contribution is -2.33. The number of hydrogen-bond donors (Lipinski definition) is 1. The van der Waals surface area contributed by atoms with Crippen LogP contribution in [0.3, 0.4) is 0 Å². The maximum absolute atomic E-state index is 12.6. The number of carbonyl (C=O) groups is 1. The molecule has 1 amide bonds. The van der Waals surface area contributed by atoms with Crippen molar-refractivity contribution >= 4 is 5.91 Å². The van der Waals surface area contributed by atoms with Crippen molar-refractivity contribution in [2.45, 2.75) is 25.8 Å². The SMILES string of the molecule is O=C(Cc1cccnc1)N(Cc1ccc(O)cc1)CC1CC1. The lowest BCUT2D eigenvalue weighted by atomic mass is 10.1. The first-order valence-electron chi connectivity index (χ1n) is 7.65. The monoisotopic (exact) mass is 296 g/mol. The number of nitrogens with zero attached hydrogens (tertiary/aromatic N) is 2. The van der Waals surface area contributed by atoms with Crippen molar-refractivity contribution < 1.29 is 9.90 Å². The van der Waals surface area contributed by atoms with E-state index in [0.29, 0.717) is 18.9 Å². The minimum atomic E-state index is 0.132. The van der Waals surface area contributed by atoms with Crippen LogP contribution in [0.5, 0.6) is 5.75 Å². The number of aromatic hydroxyl groups is 1. The summed E-state index contributed by atoms with van der Waals surface area (Å²) in [6.45, 7) is 1.41. The van der Waals surface area contributed by atoms with Crippen molar-refractivity contribution in [2.75, 3.05) is 6.54 Å². The molecule has 22 heavy (non-hydrogen) atoms. The summed E-state index contributed by atoms with van der Waals surface area (Å²) >= 11 is 0. The van der Waals surface area contributed by atoms with Gasteiger partial charge in [0, 0.05) is 25.5 Å². The minimum Gasteiger partial charge on any atom is -0.508 e. The molecule has 4 heteroatoms. The molecule has 1 aliphatic rings. The Bertz CT molecular complexity index is 621. The normalized spacial score (nSPS) is 13.8. The number of benzene rings is 1. The van der Waals surface area contributed by atoms with Gasteiger partial charge in [0.05, 0.1) is 6.42 Å². The lowest BCUT2D eigenvalue weighted by Gasteiger charge is -2.23. The van der Waals surface area contributed by atoms with Crippen molar-refractivity contribution in [1.29, 1.82) is 0 Å². The first-order valence-corrected chi connectivity index (χ1v) is 7.65. The third kappa shape index (κ3) is 4.07. The van der Waals surface area contributed by atoms with E-state index in [2.05, 4.69) is 4.98 Å². The van der Waals surface area contributed by atoms with E-state index in [1.54, 1.807) is 24.5 Å². The van der Waals surface area contributed by atoms with E-state index in [1.165, 1.54) is 12.8 Å². The summed E-state index contributed by atoms with van der Waals surface area (Å²) in [6.07, 6.45) is 6.28. The van der Waals surface area contributed by atoms with Crippen LogP contribution in [0.25, 0.3) is 0 Å². The highest BCUT2D eigenvalue weighted by Crippen LogP contribution is 2.30. The van der Waals surface area contributed by atoms with Gasteiger partial charge in [0.2, 0.25) is 5.91 Å². The largest absolute Gasteiger partial charge is 0.508 e. The van der Waals surface area contributed by atoms with Crippen molar-refractivity contribution in [3.63, 3.8) is 0 Å². The van der Waals surface area contributed by atoms with E-state index in [1.807, 2.05) is 29.2 Å². The molecule has 0 atom stereocenters. The van der Waals surface area contributed by atoms with Crippen molar-refractivity contribution in [2.24, 2.45) is 5.92 Å². The van der Waals surface area contributed by atoms with E-state index in [-0.39, 0.29) is 11.7 Å². The number of phenolic OH excluding ortho intramolecular Hbond substituents is 1. The quantitative estimate of drug-likeness (QED) is 0.892. The molecule has 1 heterocycles. The van der Waals surface area contributed by atoms with Gasteiger partial charge in [-0.2, -0.15) is 0 Å². The van der Waals surface area contributed by atoms with Crippen LogP contribution in [-0.4, -0.2) is 27.4 Å². The fourth-order valence-electron chi connectivity index (χ4n) is 2.48. The molecular formula is C18H20N2O2. The molecule has 114 valence electrons. The van der Waals surface area contributed by atoms with Crippen LogP contribution in [0.1, 0.15) is 24.0 Å². The first-order chi connectivity index (χ1) is 10.7. The van der Waals surface area contributed by atoms with Crippen LogP contribution < -0.4 is 0 Å². The van der Waals surface area contributed by atoms with Gasteiger partial charge in [-0.05, 0) is 48.1 Å². The fraction of sp³-hybridized carbons (Fsp3) is 0.333. The Labute approximate surface area is 130 Å². The summed E-state index contributed by atoms with van der Waals surface area (Å²) < 4.78 is 0. The highest BCUT2D eigenvalue weighted by molar-refractivity contribution is 5.78. The second kappa shape index (κ2) is 6.60. The Morgan fingerprint density at radius 3 is 2.59 bits per heavy atom. The Kier molecular flexibility index (Phi) is 4.37. The van der Waals surface area contributed by atoms with E-state index in [0.717, 1.165) is 17.7 Å². The molecule has 1 aliphatic carbocycles. The molecule has 0 aliphatic heterocycles. The number of pyridine rings is 1. The minimum absolute atomic E-state index is 0.132. The summed E-state index contributed by atoms with van der Waals surface area (Å²) in [5.41, 5.74) is 1.98. The average Bonchev–Trinajstić information content (AvgIpc) is 3.34. The molecular weight excluding hydrogens is 276 g/mol. The molecule has 1 aromatic carbocycles. The third-order valence-electron chi connectivity index (χ3n) is 3.92. The molecule has 0 spiro atoms. The Hall–Kier alpha value is -2.36. The van der Waals surface area contributed by atoms with Crippen molar-refractivity contribution in [3.8, 4) is 5.75 Å². The molecule has 0 bridgehead atoms. The summed E-state index contributed by atoms with van der Waals surface area (Å²) in [5, 5.41) is 9.36. The van der Waals surface area contributed by atoms with Gasteiger partial charge in [0.1, 0.15) is 5.75 Å². The van der Waals surface area contributed by atoms with Crippen LogP contribution in [0, 0.1) is 5.92 Å². The predicted octanol–water partition coefficient (Wildman–Crippen LogP) is 2.77. The summed E-state index contributed by atoms with van der Waals surface area (Å²) in [4.78, 5) is 18.6. The average molecular weight is 296 g/mol. The van der Waals surface area contributed by atoms with Crippen LogP contribution >= 0.6 is 0 Å². The second-order valence-electron chi connectivity index (χ2n) is 5.92. The van der Waals surface area contributed by atoms with Gasteiger partial charge in [-0.15, -0.1) is 0 Å². The summed E-state index contributed by atoms with van der Waals surface area (Å²) in [7, 11) is 0. The van der Waals surface area contributed by atoms with Gasteiger partial charge in [-0.3, -0.25) is 9.78 Å². The third-order valence-corrected chi connectivity index (χ3v) is 3.92. The van der Waals surface area contributed by atoms with Gasteiger partial charge < -0.3 is 10.0 Å². The molecule has 1 fully saturated rings. The number of rotatable bonds is 6. The van der Waals surface area contributed by atoms with Gasteiger partial charge in [-0.25, -0.2) is 0 Å². The van der Waals surface area contributed by atoms with E-state index >= 15 is 0 Å². The molecule has 0 saturated heterocycles. The summed E-state index contributed by atoms with van der Waals surface area (Å²) in [6, 6.07) is 10.8. The van der Waals surface area contributed by atoms with E-state index < -0.39 is 0 Å². The topological polar surface area (TPSA) is 53.4 Å². The van der Waals surface area contributed by atoms with Gasteiger partial charge in [-0.1, -0.05) is 18.2 Å². The Morgan fingerprint density at radius 2 is 1.95 bits per heavy atom. The van der Waals surface area contributed by atoms with Gasteiger partial charge in [0.15, 0.2) is 0 Å². The van der Waals surface area contributed by atoms with Gasteiger partial charge in [0.25, 0.3) is 0 Å². The number of phenols is 1. The molecule has 2 aromatic rings. The van der Waals surface area contributed by atoms with Crippen LogP contribution in [-0.2, 0) is 17.8 Å². The first kappa shape index (κ1) is 14.6. The maximum atomic E-state index is 12.6. The Balaban J connectivity index is 1.68. The maximum Gasteiger partial charge on any atom is 0.227 e. The second-order valence-corrected chi connectivity index (χ2v) is 5.92. The zero-order chi connectivity index (χ0) is 15.4. The fourth-order valence-corrected chi connectivity index (χ4v) is 2.48. The predicted molar refractivity (Wildman–Crippen MR) is 84.2 cm³/mol. The van der Waals surface area contributed by atoms with Crippen LogP contribution in [0.2, 0.25) is 0 Å². The highest BCUT2D eigenvalue weighted by atomic mass is 16.3. The zero-order valence-electron chi connectivity index (χ0n) is 12.5. The number of amides is 1. The number of hydrogen-bond acceptors (Lipinski definition) is 3. The Morgan fingerprint density at radius 1 is 1.18 bits per heavy atom. The molecule has 4 nitrogen and oxygen atoms in total. The molecule has 0 unspecified atom stereocenters. The summed E-state index contributed by atoms with van der Waals surface area (Å²) in [5.74, 6) is 1.03. The van der Waals surface area contributed by atoms with Crippen LogP contribution in [0.15, 0.2) is 48.8 Å². The number of carbonyl (C=O) groups excluding carboxylic acids is 1. The highest BCUT2D eigenvalue weighted by Gasteiger charge is 2.26. The zero-order valence-corrected chi connectivity index (χ0v) is 12.5. The standard InChI is InChI=1S/C18H20N2O2/c21-17-7-5-15(6-8-17)13-20(12-14-3-4-14)18(22)10-16-2-1-9-19-11-16/h1-2,5-9,11,14,21H,3-4,10,12-13H2. The van der Waals surface area contributed by atoms with Crippen molar-refractivity contribution in [1.82, 2.24) is 9.88 Å². The van der Waals surface area contributed by atoms with Gasteiger partial charge >= 0.3 is 0 Å². The molecule has 1 aromatic heterocycles.